The Morgan fingerprint density at radius 2 is 1.89 bits per heavy atom. The second kappa shape index (κ2) is 6.17. The van der Waals surface area contributed by atoms with Crippen molar-refractivity contribution in [3.05, 3.63) is 42.7 Å². The zero-order valence-corrected chi connectivity index (χ0v) is 14.2. The summed E-state index contributed by atoms with van der Waals surface area (Å²) in [4.78, 5) is 5.61. The van der Waals surface area contributed by atoms with Crippen LogP contribution in [0, 0.1) is 13.8 Å². The van der Waals surface area contributed by atoms with Crippen LogP contribution < -0.4 is 5.32 Å². The van der Waals surface area contributed by atoms with Crippen LogP contribution in [0.1, 0.15) is 16.1 Å². The van der Waals surface area contributed by atoms with E-state index in [0.717, 1.165) is 33.3 Å². The number of nitrogens with one attached hydrogen (secondary N) is 1. The molecular weight excluding hydrogens is 376 g/mol. The Bertz CT molecular complexity index is 529. The van der Waals surface area contributed by atoms with Gasteiger partial charge in [-0.2, -0.15) is 0 Å². The maximum atomic E-state index is 4.26. The number of thiazole rings is 1. The molecule has 1 N–H and O–H groups in total. The maximum Gasteiger partial charge on any atom is 0.0797 e. The largest absolute Gasteiger partial charge is 0.383 e. The number of hydrogen-bond donors (Lipinski definition) is 1. The van der Waals surface area contributed by atoms with Crippen LogP contribution in [0.5, 0.6) is 0 Å². The zero-order valence-electron chi connectivity index (χ0n) is 10.3. The third-order valence-electron chi connectivity index (χ3n) is 2.69. The van der Waals surface area contributed by atoms with E-state index in [1.54, 1.807) is 11.3 Å². The highest BCUT2D eigenvalue weighted by Crippen LogP contribution is 2.32. The first-order chi connectivity index (χ1) is 8.58. The van der Waals surface area contributed by atoms with Crippen LogP contribution in [0.15, 0.2) is 26.6 Å². The lowest BCUT2D eigenvalue weighted by molar-refractivity contribution is 1.01. The van der Waals surface area contributed by atoms with Crippen molar-refractivity contribution in [2.75, 3.05) is 11.9 Å². The summed E-state index contributed by atoms with van der Waals surface area (Å²) in [6.07, 6.45) is 1.00. The van der Waals surface area contributed by atoms with Crippen molar-refractivity contribution in [3.8, 4) is 0 Å². The second-order valence-electron chi connectivity index (χ2n) is 4.14. The Balaban J connectivity index is 2.01. The van der Waals surface area contributed by atoms with E-state index in [1.807, 2.05) is 5.51 Å². The molecule has 1 heterocycles. The zero-order chi connectivity index (χ0) is 13.1. The van der Waals surface area contributed by atoms with Crippen molar-refractivity contribution in [1.29, 1.82) is 0 Å². The quantitative estimate of drug-likeness (QED) is 0.800. The lowest BCUT2D eigenvalue weighted by atomic mass is 10.2. The highest BCUT2D eigenvalue weighted by atomic mass is 79.9. The van der Waals surface area contributed by atoms with Gasteiger partial charge >= 0.3 is 0 Å². The molecule has 0 saturated carbocycles. The normalized spacial score (nSPS) is 10.7. The lowest BCUT2D eigenvalue weighted by Gasteiger charge is -2.11. The fraction of sp³-hybridized carbons (Fsp3) is 0.308. The summed E-state index contributed by atoms with van der Waals surface area (Å²) in [7, 11) is 0. The summed E-state index contributed by atoms with van der Waals surface area (Å²) < 4.78 is 2.19. The molecule has 0 aliphatic rings. The number of aromatic nitrogens is 1. The molecule has 0 bridgehead atoms. The van der Waals surface area contributed by atoms with Crippen molar-refractivity contribution < 1.29 is 0 Å². The van der Waals surface area contributed by atoms with E-state index in [2.05, 4.69) is 68.1 Å². The number of anilines is 1. The molecule has 0 aliphatic heterocycles. The van der Waals surface area contributed by atoms with E-state index in [4.69, 9.17) is 0 Å². The summed E-state index contributed by atoms with van der Waals surface area (Å²) in [6.45, 7) is 5.05. The Kier molecular flexibility index (Phi) is 4.81. The van der Waals surface area contributed by atoms with Crippen LogP contribution in [0.4, 0.5) is 5.69 Å². The fourth-order valence-electron chi connectivity index (χ4n) is 1.74. The van der Waals surface area contributed by atoms with E-state index in [0.29, 0.717) is 0 Å². The maximum absolute atomic E-state index is 4.26. The van der Waals surface area contributed by atoms with E-state index >= 15 is 0 Å². The smallest absolute Gasteiger partial charge is 0.0797 e. The van der Waals surface area contributed by atoms with Gasteiger partial charge in [-0.05, 0) is 63.4 Å². The van der Waals surface area contributed by atoms with Gasteiger partial charge in [0.25, 0.3) is 0 Å². The Hall–Kier alpha value is -0.390. The van der Waals surface area contributed by atoms with Crippen LogP contribution in [0.3, 0.4) is 0 Å². The van der Waals surface area contributed by atoms with Crippen LogP contribution in [0.25, 0.3) is 0 Å². The molecule has 0 amide bonds. The van der Waals surface area contributed by atoms with Crippen molar-refractivity contribution in [3.63, 3.8) is 0 Å². The molecule has 1 aromatic heterocycles. The summed E-state index contributed by atoms with van der Waals surface area (Å²) >= 11 is 8.90. The van der Waals surface area contributed by atoms with Crippen molar-refractivity contribution in [1.82, 2.24) is 4.98 Å². The van der Waals surface area contributed by atoms with Gasteiger partial charge in [0.1, 0.15) is 0 Å². The van der Waals surface area contributed by atoms with Crippen LogP contribution in [0.2, 0.25) is 0 Å². The molecule has 0 atom stereocenters. The average molecular weight is 390 g/mol. The monoisotopic (exact) mass is 388 g/mol. The van der Waals surface area contributed by atoms with Gasteiger partial charge in [0, 0.05) is 26.8 Å². The number of benzene rings is 1. The van der Waals surface area contributed by atoms with Gasteiger partial charge in [0.2, 0.25) is 0 Å². The molecule has 18 heavy (non-hydrogen) atoms. The van der Waals surface area contributed by atoms with Gasteiger partial charge in [0.15, 0.2) is 0 Å². The highest BCUT2D eigenvalue weighted by Gasteiger charge is 2.06. The molecule has 0 spiro atoms. The summed E-state index contributed by atoms with van der Waals surface area (Å²) in [5, 5.41) is 3.46. The average Bonchev–Trinajstić information content (AvgIpc) is 2.68. The first-order valence-corrected chi connectivity index (χ1v) is 8.13. The van der Waals surface area contributed by atoms with Crippen LogP contribution >= 0.6 is 43.2 Å². The Labute approximate surface area is 128 Å². The minimum Gasteiger partial charge on any atom is -0.383 e. The van der Waals surface area contributed by atoms with Gasteiger partial charge < -0.3 is 5.32 Å². The predicted octanol–water partition coefficient (Wildman–Crippen LogP) is 4.94. The fourth-order valence-corrected chi connectivity index (χ4v) is 4.21. The summed E-state index contributed by atoms with van der Waals surface area (Å²) in [6, 6.07) is 4.23. The second-order valence-corrected chi connectivity index (χ2v) is 6.79. The van der Waals surface area contributed by atoms with Gasteiger partial charge in [-0.15, -0.1) is 11.3 Å². The Morgan fingerprint density at radius 1 is 1.22 bits per heavy atom. The first kappa shape index (κ1) is 14.0. The lowest BCUT2D eigenvalue weighted by Crippen LogP contribution is -2.06. The van der Waals surface area contributed by atoms with Crippen molar-refractivity contribution in [2.24, 2.45) is 0 Å². The molecule has 96 valence electrons. The first-order valence-electron chi connectivity index (χ1n) is 5.66. The Morgan fingerprint density at radius 3 is 2.44 bits per heavy atom. The SMILES string of the molecule is Cc1cc(Br)c(NCCc2scnc2C)c(Br)c1. The molecular formula is C13H14Br2N2S. The molecule has 0 saturated heterocycles. The molecule has 0 unspecified atom stereocenters. The molecule has 0 fully saturated rings. The number of halogens is 2. The van der Waals surface area contributed by atoms with Gasteiger partial charge in [-0.25, -0.2) is 4.98 Å². The highest BCUT2D eigenvalue weighted by molar-refractivity contribution is 9.11. The standard InChI is InChI=1S/C13H14Br2N2S/c1-8-5-10(14)13(11(15)6-8)16-4-3-12-9(2)17-7-18-12/h5-7,16H,3-4H2,1-2H3. The van der Waals surface area contributed by atoms with Crippen molar-refractivity contribution >= 4 is 48.9 Å². The van der Waals surface area contributed by atoms with Gasteiger partial charge in [-0.1, -0.05) is 0 Å². The van der Waals surface area contributed by atoms with E-state index < -0.39 is 0 Å². The predicted molar refractivity (Wildman–Crippen MR) is 85.6 cm³/mol. The molecule has 5 heteroatoms. The van der Waals surface area contributed by atoms with E-state index in [1.165, 1.54) is 10.4 Å². The van der Waals surface area contributed by atoms with Gasteiger partial charge in [0.05, 0.1) is 16.9 Å². The number of hydrogen-bond acceptors (Lipinski definition) is 3. The molecule has 2 nitrogen and oxygen atoms in total. The topological polar surface area (TPSA) is 24.9 Å². The summed E-state index contributed by atoms with van der Waals surface area (Å²) in [5.41, 5.74) is 5.40. The molecule has 1 aromatic carbocycles. The minimum absolute atomic E-state index is 0.906. The van der Waals surface area contributed by atoms with Crippen LogP contribution in [-0.2, 0) is 6.42 Å². The number of nitrogens with zero attached hydrogens (tertiary/aromatic N) is 1. The minimum atomic E-state index is 0.906. The van der Waals surface area contributed by atoms with Gasteiger partial charge in [-0.3, -0.25) is 0 Å². The van der Waals surface area contributed by atoms with Crippen LogP contribution in [-0.4, -0.2) is 11.5 Å². The van der Waals surface area contributed by atoms with Crippen molar-refractivity contribution in [2.45, 2.75) is 20.3 Å². The third kappa shape index (κ3) is 3.33. The number of aryl methyl sites for hydroxylation is 2. The third-order valence-corrected chi connectivity index (χ3v) is 4.93. The number of rotatable bonds is 4. The molecule has 0 aliphatic carbocycles. The molecule has 2 aromatic rings. The molecule has 2 rings (SSSR count). The summed E-state index contributed by atoms with van der Waals surface area (Å²) in [5.74, 6) is 0. The molecule has 0 radical (unpaired) electrons. The van der Waals surface area contributed by atoms with E-state index in [9.17, 15) is 0 Å². The van der Waals surface area contributed by atoms with E-state index in [-0.39, 0.29) is 0 Å².